The summed E-state index contributed by atoms with van der Waals surface area (Å²) in [6.45, 7) is 10.9. The number of aliphatic carboxylic acids is 1. The summed E-state index contributed by atoms with van der Waals surface area (Å²) < 4.78 is 6.05. The maximum absolute atomic E-state index is 11.1. The van der Waals surface area contributed by atoms with Gasteiger partial charge in [0.15, 0.2) is 0 Å². The van der Waals surface area contributed by atoms with Gasteiger partial charge in [-0.2, -0.15) is 0 Å². The van der Waals surface area contributed by atoms with E-state index in [0.29, 0.717) is 31.0 Å². The minimum Gasteiger partial charge on any atom is -0.481 e. The highest BCUT2D eigenvalue weighted by molar-refractivity contribution is 5.73. The third kappa shape index (κ3) is 4.79. The molecule has 1 aliphatic rings. The van der Waals surface area contributed by atoms with Gasteiger partial charge in [-0.1, -0.05) is 27.2 Å². The predicted octanol–water partition coefficient (Wildman–Crippen LogP) is 3.96. The van der Waals surface area contributed by atoms with Crippen molar-refractivity contribution in [3.63, 3.8) is 0 Å². The van der Waals surface area contributed by atoms with Crippen molar-refractivity contribution in [3.05, 3.63) is 0 Å². The number of carbonyl (C=O) groups is 1. The molecule has 0 bridgehead atoms. The van der Waals surface area contributed by atoms with E-state index in [0.717, 1.165) is 12.3 Å². The second-order valence-electron chi connectivity index (χ2n) is 7.17. The zero-order valence-corrected chi connectivity index (χ0v) is 13.1. The summed E-state index contributed by atoms with van der Waals surface area (Å²) in [5, 5.41) is 9.10. The standard InChI is InChI=1S/C16H30O3/c1-11(2)13-7-6-12(3)10-14(13)19-9-8-16(4,5)15(17)18/h11-14H,6-10H2,1-5H3,(H,17,18). The predicted molar refractivity (Wildman–Crippen MR) is 77.1 cm³/mol. The lowest BCUT2D eigenvalue weighted by atomic mass is 9.75. The number of carboxylic acids is 1. The summed E-state index contributed by atoms with van der Waals surface area (Å²) in [6, 6.07) is 0. The molecule has 0 aliphatic heterocycles. The molecule has 3 heteroatoms. The first kappa shape index (κ1) is 16.5. The molecular formula is C16H30O3. The van der Waals surface area contributed by atoms with Crippen molar-refractivity contribution in [2.75, 3.05) is 6.61 Å². The Morgan fingerprint density at radius 3 is 2.53 bits per heavy atom. The van der Waals surface area contributed by atoms with Gasteiger partial charge in [0.1, 0.15) is 0 Å². The van der Waals surface area contributed by atoms with Crippen molar-refractivity contribution < 1.29 is 14.6 Å². The molecule has 19 heavy (non-hydrogen) atoms. The van der Waals surface area contributed by atoms with Crippen molar-refractivity contribution in [2.24, 2.45) is 23.2 Å². The number of rotatable bonds is 6. The third-order valence-electron chi connectivity index (χ3n) is 4.60. The van der Waals surface area contributed by atoms with E-state index in [-0.39, 0.29) is 0 Å². The summed E-state index contributed by atoms with van der Waals surface area (Å²) in [7, 11) is 0. The van der Waals surface area contributed by atoms with Crippen LogP contribution in [0.4, 0.5) is 0 Å². The zero-order chi connectivity index (χ0) is 14.6. The quantitative estimate of drug-likeness (QED) is 0.794. The Bertz CT molecular complexity index is 296. The fourth-order valence-electron chi connectivity index (χ4n) is 2.88. The van der Waals surface area contributed by atoms with E-state index < -0.39 is 11.4 Å². The van der Waals surface area contributed by atoms with Crippen LogP contribution < -0.4 is 0 Å². The smallest absolute Gasteiger partial charge is 0.309 e. The molecule has 0 aromatic rings. The largest absolute Gasteiger partial charge is 0.481 e. The molecule has 1 fully saturated rings. The first-order valence-corrected chi connectivity index (χ1v) is 7.59. The van der Waals surface area contributed by atoms with Crippen LogP contribution in [0.2, 0.25) is 0 Å². The Balaban J connectivity index is 2.47. The molecule has 1 saturated carbocycles. The first-order valence-electron chi connectivity index (χ1n) is 7.59. The molecule has 3 atom stereocenters. The summed E-state index contributed by atoms with van der Waals surface area (Å²) in [4.78, 5) is 11.1. The summed E-state index contributed by atoms with van der Waals surface area (Å²) in [5.41, 5.74) is -0.687. The van der Waals surface area contributed by atoms with E-state index in [1.165, 1.54) is 12.8 Å². The maximum Gasteiger partial charge on any atom is 0.309 e. The Kier molecular flexibility index (Phi) is 5.84. The minimum atomic E-state index is -0.742. The van der Waals surface area contributed by atoms with Crippen molar-refractivity contribution in [1.82, 2.24) is 0 Å². The zero-order valence-electron chi connectivity index (χ0n) is 13.1. The van der Waals surface area contributed by atoms with Crippen LogP contribution in [0, 0.1) is 23.2 Å². The van der Waals surface area contributed by atoms with Crippen molar-refractivity contribution in [1.29, 1.82) is 0 Å². The van der Waals surface area contributed by atoms with Crippen LogP contribution in [0.25, 0.3) is 0 Å². The minimum absolute atomic E-state index is 0.313. The van der Waals surface area contributed by atoms with E-state index in [1.807, 2.05) is 0 Å². The van der Waals surface area contributed by atoms with Crippen LogP contribution >= 0.6 is 0 Å². The van der Waals surface area contributed by atoms with Gasteiger partial charge in [-0.05, 0) is 50.9 Å². The normalized spacial score (nSPS) is 28.6. The van der Waals surface area contributed by atoms with E-state index in [4.69, 9.17) is 9.84 Å². The van der Waals surface area contributed by atoms with Crippen molar-refractivity contribution in [3.8, 4) is 0 Å². The van der Waals surface area contributed by atoms with Crippen LogP contribution in [0.3, 0.4) is 0 Å². The van der Waals surface area contributed by atoms with Gasteiger partial charge >= 0.3 is 5.97 Å². The van der Waals surface area contributed by atoms with Crippen LogP contribution in [0.15, 0.2) is 0 Å². The molecule has 112 valence electrons. The summed E-state index contributed by atoms with van der Waals surface area (Å²) in [6.07, 6.45) is 4.55. The highest BCUT2D eigenvalue weighted by Crippen LogP contribution is 2.35. The Hall–Kier alpha value is -0.570. The number of ether oxygens (including phenoxy) is 1. The molecule has 0 heterocycles. The molecule has 0 radical (unpaired) electrons. The molecule has 1 rings (SSSR count). The summed E-state index contributed by atoms with van der Waals surface area (Å²) in [5.74, 6) is 1.26. The molecule has 0 saturated heterocycles. The molecule has 0 amide bonds. The number of carboxylic acid groups (broad SMARTS) is 1. The van der Waals surface area contributed by atoms with E-state index in [1.54, 1.807) is 13.8 Å². The fourth-order valence-corrected chi connectivity index (χ4v) is 2.88. The van der Waals surface area contributed by atoms with Crippen LogP contribution in [0.5, 0.6) is 0 Å². The average Bonchev–Trinajstić information content (AvgIpc) is 2.28. The van der Waals surface area contributed by atoms with Crippen LogP contribution in [-0.2, 0) is 9.53 Å². The maximum atomic E-state index is 11.1. The Labute approximate surface area is 117 Å². The molecule has 0 aromatic carbocycles. The highest BCUT2D eigenvalue weighted by Gasteiger charge is 2.32. The lowest BCUT2D eigenvalue weighted by Crippen LogP contribution is -2.35. The monoisotopic (exact) mass is 270 g/mol. The second-order valence-corrected chi connectivity index (χ2v) is 7.17. The van der Waals surface area contributed by atoms with Crippen molar-refractivity contribution in [2.45, 2.75) is 66.4 Å². The number of hydrogen-bond acceptors (Lipinski definition) is 2. The second kappa shape index (κ2) is 6.74. The van der Waals surface area contributed by atoms with Gasteiger partial charge in [-0.3, -0.25) is 4.79 Å². The fraction of sp³-hybridized carbons (Fsp3) is 0.938. The third-order valence-corrected chi connectivity index (χ3v) is 4.60. The van der Waals surface area contributed by atoms with Gasteiger partial charge in [0, 0.05) is 6.61 Å². The Morgan fingerprint density at radius 2 is 2.00 bits per heavy atom. The lowest BCUT2D eigenvalue weighted by molar-refractivity contribution is -0.148. The van der Waals surface area contributed by atoms with Gasteiger partial charge < -0.3 is 9.84 Å². The van der Waals surface area contributed by atoms with Crippen LogP contribution in [0.1, 0.15) is 60.3 Å². The van der Waals surface area contributed by atoms with Crippen LogP contribution in [-0.4, -0.2) is 23.8 Å². The topological polar surface area (TPSA) is 46.5 Å². The molecule has 1 N–H and O–H groups in total. The van der Waals surface area contributed by atoms with E-state index in [2.05, 4.69) is 20.8 Å². The van der Waals surface area contributed by atoms with E-state index in [9.17, 15) is 4.79 Å². The molecule has 3 nitrogen and oxygen atoms in total. The molecule has 3 unspecified atom stereocenters. The van der Waals surface area contributed by atoms with Gasteiger partial charge in [0.2, 0.25) is 0 Å². The van der Waals surface area contributed by atoms with Gasteiger partial charge in [0.05, 0.1) is 11.5 Å². The van der Waals surface area contributed by atoms with Gasteiger partial charge in [-0.15, -0.1) is 0 Å². The molecule has 1 aliphatic carbocycles. The number of hydrogen-bond donors (Lipinski definition) is 1. The first-order chi connectivity index (χ1) is 8.74. The molecule has 0 spiro atoms. The molecule has 0 aromatic heterocycles. The average molecular weight is 270 g/mol. The van der Waals surface area contributed by atoms with E-state index >= 15 is 0 Å². The molecular weight excluding hydrogens is 240 g/mol. The summed E-state index contributed by atoms with van der Waals surface area (Å²) >= 11 is 0. The van der Waals surface area contributed by atoms with Crippen molar-refractivity contribution >= 4 is 5.97 Å². The Morgan fingerprint density at radius 1 is 1.37 bits per heavy atom. The highest BCUT2D eigenvalue weighted by atomic mass is 16.5. The SMILES string of the molecule is CC1CCC(C(C)C)C(OCCC(C)(C)C(=O)O)C1. The lowest BCUT2D eigenvalue weighted by Gasteiger charge is -2.37. The van der Waals surface area contributed by atoms with Gasteiger partial charge in [-0.25, -0.2) is 0 Å². The van der Waals surface area contributed by atoms with Gasteiger partial charge in [0.25, 0.3) is 0 Å².